The molecule has 2 aromatic carbocycles. The average Bonchev–Trinajstić information content (AvgIpc) is 1.44. The van der Waals surface area contributed by atoms with Gasteiger partial charge in [0.25, 0.3) is 0 Å². The molecular weight excluding hydrogens is 1910 g/mol. The second-order valence-electron chi connectivity index (χ2n) is 36.5. The molecular formula is C92H138N24O29. The largest absolute Gasteiger partial charge is 0.508 e. The molecule has 53 heteroatoms. The van der Waals surface area contributed by atoms with Crippen molar-refractivity contribution in [1.82, 2.24) is 94.5 Å². The van der Waals surface area contributed by atoms with Gasteiger partial charge in [-0.2, -0.15) is 0 Å². The van der Waals surface area contributed by atoms with E-state index in [1.54, 1.807) is 65.8 Å². The van der Waals surface area contributed by atoms with Crippen molar-refractivity contribution >= 4 is 153 Å². The number of amides is 19. The first kappa shape index (κ1) is 120. The highest BCUT2D eigenvalue weighted by Gasteiger charge is 2.45. The van der Waals surface area contributed by atoms with Gasteiger partial charge in [-0.25, -0.2) is 4.79 Å². The molecule has 0 unspecified atom stereocenters. The van der Waals surface area contributed by atoms with Crippen LogP contribution in [0.3, 0.4) is 0 Å². The number of carbonyl (C=O) groups is 23. The van der Waals surface area contributed by atoms with E-state index in [-0.39, 0.29) is 88.7 Å². The molecule has 0 spiro atoms. The predicted molar refractivity (Wildman–Crippen MR) is 513 cm³/mol. The third-order valence-corrected chi connectivity index (χ3v) is 24.7. The molecule has 33 N–H and O–H groups in total. The molecule has 145 heavy (non-hydrogen) atoms. The van der Waals surface area contributed by atoms with Gasteiger partial charge in [0.2, 0.25) is 112 Å². The summed E-state index contributed by atoms with van der Waals surface area (Å²) in [5.41, 5.74) is 28.7. The van der Waals surface area contributed by atoms with Crippen LogP contribution in [0.15, 0.2) is 54.7 Å². The number of para-hydroxylation sites is 1. The number of nitrogens with zero attached hydrogens (tertiary/aromatic N) is 2. The SMILES string of the molecule is CC[C@H](C)[C@H](NC(=O)[C@H](CC(N)=O)NC(=O)[C@@H](NC(=O)[C@@H](N)CC(N)=O)[C@@H](C)CC)C(=O)N[C@@H](CCCNC(=N)N)C(=O)N[C@@H](CCC(=O)O)C(=O)N[C@@H](Cc1c[nH]c2ccccc12)C(=O)N[C@@H](CO)C(=O)N[C@@H](Cc1ccc(O)cc1)C(=O)N[C@@H](CC(C)C)C(=O)N[C@H](C(=O)N[C@@H](CCC(=O)O)C(=O)N[C@@H](CC(=O)O)C(=O)N1CCC[C@H]1C(=O)N[C@@H](CC(N)=O)C(=O)N[C@@H](C)C(=O)N1CCC[C@H]1C(=O)O)[C@@H](C)CC. The minimum atomic E-state index is -2.07. The van der Waals surface area contributed by atoms with E-state index in [9.17, 15) is 127 Å². The lowest BCUT2D eigenvalue weighted by Crippen LogP contribution is -2.62. The topological polar surface area (TPSA) is 871 Å². The summed E-state index contributed by atoms with van der Waals surface area (Å²) >= 11 is 0. The molecule has 800 valence electrons. The molecule has 0 saturated carbocycles. The minimum absolute atomic E-state index is 0.0544. The Labute approximate surface area is 833 Å². The Bertz CT molecular complexity index is 5150. The summed E-state index contributed by atoms with van der Waals surface area (Å²) < 4.78 is 0. The third-order valence-electron chi connectivity index (χ3n) is 24.7. The number of nitrogens with one attached hydrogen (secondary N) is 17. The van der Waals surface area contributed by atoms with Gasteiger partial charge in [-0.1, -0.05) is 105 Å². The molecule has 3 aromatic rings. The minimum Gasteiger partial charge on any atom is -0.508 e. The fourth-order valence-electron chi connectivity index (χ4n) is 16.1. The number of aliphatic hydroxyl groups excluding tert-OH is 1. The van der Waals surface area contributed by atoms with Crippen LogP contribution in [0.25, 0.3) is 10.9 Å². The number of rotatable bonds is 62. The van der Waals surface area contributed by atoms with Crippen LogP contribution in [0.5, 0.6) is 5.75 Å². The first-order valence-corrected chi connectivity index (χ1v) is 47.6. The number of aromatic nitrogens is 1. The van der Waals surface area contributed by atoms with E-state index in [0.717, 1.165) is 9.80 Å². The van der Waals surface area contributed by atoms with Crippen LogP contribution in [0.1, 0.15) is 189 Å². The summed E-state index contributed by atoms with van der Waals surface area (Å²) in [5, 5.41) is 106. The van der Waals surface area contributed by atoms with Gasteiger partial charge in [-0.15, -0.1) is 0 Å². The number of nitrogens with two attached hydrogens (primary N) is 5. The van der Waals surface area contributed by atoms with Crippen molar-refractivity contribution in [2.45, 2.75) is 293 Å². The zero-order chi connectivity index (χ0) is 109. The molecule has 0 aliphatic carbocycles. The maximum absolute atomic E-state index is 15.1. The van der Waals surface area contributed by atoms with Gasteiger partial charge in [0, 0.05) is 62.4 Å². The molecule has 2 fully saturated rings. The molecule has 1 aromatic heterocycles. The second kappa shape index (κ2) is 58.4. The fourth-order valence-corrected chi connectivity index (χ4v) is 16.1. The molecule has 19 amide bonds. The molecule has 2 aliphatic rings. The van der Waals surface area contributed by atoms with E-state index in [4.69, 9.17) is 34.1 Å². The number of primary amides is 3. The summed E-state index contributed by atoms with van der Waals surface area (Å²) in [4.78, 5) is 321. The number of carboxylic acid groups (broad SMARTS) is 4. The van der Waals surface area contributed by atoms with E-state index >= 15 is 14.4 Å². The highest BCUT2D eigenvalue weighted by molar-refractivity contribution is 6.04. The lowest BCUT2D eigenvalue weighted by atomic mass is 9.96. The first-order valence-electron chi connectivity index (χ1n) is 47.6. The molecule has 3 heterocycles. The smallest absolute Gasteiger partial charge is 0.326 e. The molecule has 53 nitrogen and oxygen atoms in total. The van der Waals surface area contributed by atoms with Gasteiger partial charge < -0.3 is 154 Å². The first-order chi connectivity index (χ1) is 68.2. The van der Waals surface area contributed by atoms with Gasteiger partial charge in [0.15, 0.2) is 5.96 Å². The van der Waals surface area contributed by atoms with E-state index < -0.39 is 339 Å². The van der Waals surface area contributed by atoms with Crippen molar-refractivity contribution in [1.29, 1.82) is 5.41 Å². The maximum atomic E-state index is 15.1. The Morgan fingerprint density at radius 3 is 1.30 bits per heavy atom. The number of benzene rings is 2. The van der Waals surface area contributed by atoms with Crippen LogP contribution >= 0.6 is 0 Å². The number of aliphatic hydroxyl groups is 1. The number of aliphatic carboxylic acids is 4. The number of fused-ring (bicyclic) bond motifs is 1. The van der Waals surface area contributed by atoms with E-state index in [1.807, 2.05) is 0 Å². The quantitative estimate of drug-likeness (QED) is 0.0142. The Hall–Kier alpha value is -15.2. The van der Waals surface area contributed by atoms with Gasteiger partial charge >= 0.3 is 23.9 Å². The summed E-state index contributed by atoms with van der Waals surface area (Å²) in [6, 6.07) is -17.2. The number of guanidine groups is 1. The second-order valence-corrected chi connectivity index (χ2v) is 36.5. The fraction of sp³-hybridized carbons (Fsp3) is 0.587. The molecule has 20 atom stereocenters. The number of phenols is 1. The van der Waals surface area contributed by atoms with Crippen LogP contribution in [-0.2, 0) is 123 Å². The van der Waals surface area contributed by atoms with Crippen molar-refractivity contribution in [2.75, 3.05) is 26.2 Å². The van der Waals surface area contributed by atoms with Crippen LogP contribution in [0.4, 0.5) is 0 Å². The number of hydrogen-bond donors (Lipinski definition) is 28. The number of hydrogen-bond acceptors (Lipinski definition) is 27. The Kier molecular flexibility index (Phi) is 48.4. The Morgan fingerprint density at radius 2 is 0.828 bits per heavy atom. The van der Waals surface area contributed by atoms with Crippen molar-refractivity contribution in [2.24, 2.45) is 52.3 Å². The van der Waals surface area contributed by atoms with Crippen molar-refractivity contribution in [3.05, 3.63) is 65.9 Å². The average molecular weight is 2040 g/mol. The van der Waals surface area contributed by atoms with Gasteiger partial charge in [-0.3, -0.25) is 111 Å². The molecule has 2 aliphatic heterocycles. The van der Waals surface area contributed by atoms with E-state index in [1.165, 1.54) is 51.2 Å². The van der Waals surface area contributed by atoms with Gasteiger partial charge in [0.1, 0.15) is 102 Å². The number of phenolic OH excluding ortho intramolecular Hbond substituents is 1. The van der Waals surface area contributed by atoms with Crippen LogP contribution in [-0.4, -0.2) is 316 Å². The van der Waals surface area contributed by atoms with Crippen molar-refractivity contribution in [3.8, 4) is 5.75 Å². The van der Waals surface area contributed by atoms with Crippen LogP contribution < -0.4 is 108 Å². The Morgan fingerprint density at radius 1 is 0.428 bits per heavy atom. The van der Waals surface area contributed by atoms with E-state index in [2.05, 4.69) is 84.7 Å². The summed E-state index contributed by atoms with van der Waals surface area (Å²) in [6.45, 7) is 12.4. The number of likely N-dealkylation sites (tertiary alicyclic amines) is 2. The summed E-state index contributed by atoms with van der Waals surface area (Å²) in [6.07, 6.45) is -5.96. The van der Waals surface area contributed by atoms with Crippen LogP contribution in [0, 0.1) is 29.1 Å². The van der Waals surface area contributed by atoms with Gasteiger partial charge in [-0.05, 0) is 118 Å². The van der Waals surface area contributed by atoms with Crippen molar-refractivity contribution < 1.29 is 141 Å². The zero-order valence-corrected chi connectivity index (χ0v) is 82.1. The lowest BCUT2D eigenvalue weighted by Gasteiger charge is -2.31. The van der Waals surface area contributed by atoms with Crippen molar-refractivity contribution in [3.63, 3.8) is 0 Å². The number of carbonyl (C=O) groups excluding carboxylic acids is 19. The highest BCUT2D eigenvalue weighted by atomic mass is 16.4. The molecule has 0 radical (unpaired) electrons. The molecule has 5 rings (SSSR count). The highest BCUT2D eigenvalue weighted by Crippen LogP contribution is 2.26. The number of carboxylic acids is 4. The van der Waals surface area contributed by atoms with E-state index in [0.29, 0.717) is 22.9 Å². The molecule has 2 saturated heterocycles. The number of aromatic hydroxyl groups is 1. The predicted octanol–water partition coefficient (Wildman–Crippen LogP) is -6.87. The third kappa shape index (κ3) is 38.5. The monoisotopic (exact) mass is 2040 g/mol. The maximum Gasteiger partial charge on any atom is 0.326 e. The normalized spacial score (nSPS) is 17.0. The molecule has 0 bridgehead atoms. The van der Waals surface area contributed by atoms with Crippen LogP contribution in [0.2, 0.25) is 0 Å². The zero-order valence-electron chi connectivity index (χ0n) is 82.1. The van der Waals surface area contributed by atoms with Gasteiger partial charge in [0.05, 0.1) is 38.3 Å². The number of aromatic amines is 1. The standard InChI is InChI=1S/C92H138N24O29/c1-10-44(6)72(112-75(128)52(93)37-66(94)119)88(141)109-61(39-68(96)121)83(136)114-73(45(7)11-2)86(139)103-54(20-15-31-99-92(97)98)76(129)102-55(27-29-69(122)123)77(130)107-59(36-49-41-100-53-19-14-13-18-51(49)53)81(134)111-63(42-117)84(137)106-58(35-48-23-25-50(118)26-24-48)80(133)105-57(34-43(4)5)82(135)113-74(46(8)12-3)87(140)104-56(28-30-70(124)125)78(131)110-62(40-71(126)127)90(143)115-32-16-21-64(115)85(138)108-60(38-67(95)120)79(132)101-47(9)89(142)116-33-17-22-65(116)91(144)145/h13-14,18-19,23-26,41,43-47,52,54-65,72-74,100,117-118H,10-12,15-17,20-22,27-40,42,93H2,1-9H3,(H2,94,119)(H2,95,120)(H2,96,121)(H,101,132)(H,102,129)(H,103,139)(H,104,140)(H,105,133)(H,106,137)(H,107,130)(H,108,138)(H,109,141)(H,110,131)(H,111,134)(H,112,128)(H,113,135)(H,114,136)(H,122,123)(H,124,125)(H,126,127)(H,144,145)(H4,97,98,99)/t44-,45-,46-,47-,52-,54-,55-,56-,57-,58-,59-,60-,61-,62-,63-,64-,65-,72-,73-,74-/m0/s1. The summed E-state index contributed by atoms with van der Waals surface area (Å²) in [7, 11) is 0. The Balaban J connectivity index is 1.44. The lowest BCUT2D eigenvalue weighted by molar-refractivity contribution is -0.149. The summed E-state index contributed by atoms with van der Waals surface area (Å²) in [5.74, 6) is -30.9. The number of H-pyrrole nitrogens is 1.